The summed E-state index contributed by atoms with van der Waals surface area (Å²) in [5.41, 5.74) is 3.29. The summed E-state index contributed by atoms with van der Waals surface area (Å²) in [7, 11) is 0. The second kappa shape index (κ2) is 6.00. The van der Waals surface area contributed by atoms with Gasteiger partial charge in [0, 0.05) is 6.54 Å². The first kappa shape index (κ1) is 13.7. The maximum absolute atomic E-state index is 12.7. The van der Waals surface area contributed by atoms with Crippen LogP contribution in [-0.4, -0.2) is 9.13 Å². The molecule has 0 fully saturated rings. The first-order chi connectivity index (χ1) is 10.3. The van der Waals surface area contributed by atoms with E-state index in [0.717, 1.165) is 36.0 Å². The number of hydrogen-bond donors (Lipinski definition) is 0. The summed E-state index contributed by atoms with van der Waals surface area (Å²) in [5, 5.41) is 0. The fourth-order valence-electron chi connectivity index (χ4n) is 2.72. The molecule has 21 heavy (non-hydrogen) atoms. The van der Waals surface area contributed by atoms with Crippen molar-refractivity contribution in [2.24, 2.45) is 0 Å². The number of aryl methyl sites for hydroxylation is 1. The molecule has 3 heteroatoms. The van der Waals surface area contributed by atoms with E-state index in [-0.39, 0.29) is 5.69 Å². The first-order valence-electron chi connectivity index (χ1n) is 7.53. The molecule has 3 rings (SSSR count). The van der Waals surface area contributed by atoms with E-state index < -0.39 is 0 Å². The number of para-hydroxylation sites is 2. The van der Waals surface area contributed by atoms with Crippen LogP contribution in [0.2, 0.25) is 0 Å². The smallest absolute Gasteiger partial charge is 0.292 e. The Kier molecular flexibility index (Phi) is 3.91. The second-order valence-corrected chi connectivity index (χ2v) is 5.35. The Hall–Kier alpha value is -2.29. The summed E-state index contributed by atoms with van der Waals surface area (Å²) in [6.45, 7) is 3.56. The van der Waals surface area contributed by atoms with Crippen LogP contribution in [0.15, 0.2) is 59.4 Å². The second-order valence-electron chi connectivity index (χ2n) is 5.35. The highest BCUT2D eigenvalue weighted by Crippen LogP contribution is 2.15. The molecule has 0 radical (unpaired) electrons. The monoisotopic (exact) mass is 280 g/mol. The van der Waals surface area contributed by atoms with Crippen molar-refractivity contribution in [3.8, 4) is 0 Å². The van der Waals surface area contributed by atoms with Gasteiger partial charge in [-0.2, -0.15) is 0 Å². The average Bonchev–Trinajstić information content (AvgIpc) is 2.79. The van der Waals surface area contributed by atoms with Crippen LogP contribution in [0.5, 0.6) is 0 Å². The quantitative estimate of drug-likeness (QED) is 0.701. The average molecular weight is 280 g/mol. The lowest BCUT2D eigenvalue weighted by Gasteiger charge is -2.03. The molecule has 0 bridgehead atoms. The van der Waals surface area contributed by atoms with E-state index in [4.69, 9.17) is 0 Å². The van der Waals surface area contributed by atoms with Gasteiger partial charge < -0.3 is 0 Å². The predicted molar refractivity (Wildman–Crippen MR) is 86.7 cm³/mol. The Morgan fingerprint density at radius 1 is 0.857 bits per heavy atom. The van der Waals surface area contributed by atoms with Crippen molar-refractivity contribution in [1.29, 1.82) is 0 Å². The van der Waals surface area contributed by atoms with Gasteiger partial charge in [-0.25, -0.2) is 4.79 Å². The number of aromatic nitrogens is 2. The lowest BCUT2D eigenvalue weighted by atomic mass is 10.2. The van der Waals surface area contributed by atoms with Crippen molar-refractivity contribution >= 4 is 11.0 Å². The highest BCUT2D eigenvalue weighted by molar-refractivity contribution is 5.76. The van der Waals surface area contributed by atoms with E-state index in [2.05, 4.69) is 19.1 Å². The number of nitrogens with zero attached hydrogens (tertiary/aromatic N) is 2. The molecule has 0 saturated heterocycles. The van der Waals surface area contributed by atoms with Crippen molar-refractivity contribution in [3.63, 3.8) is 0 Å². The molecule has 0 aliphatic rings. The van der Waals surface area contributed by atoms with Crippen molar-refractivity contribution in [1.82, 2.24) is 9.13 Å². The SMILES string of the molecule is CCCCn1c(=O)n(Cc2ccccc2)c2ccccc21. The number of benzene rings is 2. The van der Waals surface area contributed by atoms with E-state index in [1.807, 2.05) is 51.6 Å². The van der Waals surface area contributed by atoms with Crippen molar-refractivity contribution in [3.05, 3.63) is 70.6 Å². The molecule has 0 atom stereocenters. The summed E-state index contributed by atoms with van der Waals surface area (Å²) in [4.78, 5) is 12.7. The van der Waals surface area contributed by atoms with Crippen molar-refractivity contribution in [2.75, 3.05) is 0 Å². The van der Waals surface area contributed by atoms with Crippen LogP contribution >= 0.6 is 0 Å². The fourth-order valence-corrected chi connectivity index (χ4v) is 2.72. The summed E-state index contributed by atoms with van der Waals surface area (Å²) in [6.07, 6.45) is 2.11. The van der Waals surface area contributed by atoms with Crippen LogP contribution in [0.3, 0.4) is 0 Å². The van der Waals surface area contributed by atoms with Gasteiger partial charge in [0.1, 0.15) is 0 Å². The molecule has 108 valence electrons. The normalized spacial score (nSPS) is 11.1. The molecule has 0 aliphatic carbocycles. The third-order valence-electron chi connectivity index (χ3n) is 3.84. The van der Waals surface area contributed by atoms with Crippen LogP contribution in [-0.2, 0) is 13.1 Å². The highest BCUT2D eigenvalue weighted by atomic mass is 16.1. The first-order valence-corrected chi connectivity index (χ1v) is 7.53. The lowest BCUT2D eigenvalue weighted by molar-refractivity contribution is 0.606. The molecule has 0 spiro atoms. The van der Waals surface area contributed by atoms with Gasteiger partial charge in [-0.1, -0.05) is 55.8 Å². The number of hydrogen-bond acceptors (Lipinski definition) is 1. The maximum atomic E-state index is 12.7. The summed E-state index contributed by atoms with van der Waals surface area (Å²) < 4.78 is 3.78. The van der Waals surface area contributed by atoms with Gasteiger partial charge in [-0.05, 0) is 24.1 Å². The van der Waals surface area contributed by atoms with Crippen molar-refractivity contribution in [2.45, 2.75) is 32.9 Å². The van der Waals surface area contributed by atoms with E-state index in [1.165, 1.54) is 0 Å². The summed E-state index contributed by atoms with van der Waals surface area (Å²) >= 11 is 0. The predicted octanol–water partition coefficient (Wildman–Crippen LogP) is 3.65. The zero-order valence-corrected chi connectivity index (χ0v) is 12.3. The van der Waals surface area contributed by atoms with E-state index >= 15 is 0 Å². The van der Waals surface area contributed by atoms with Gasteiger partial charge in [0.05, 0.1) is 17.6 Å². The van der Waals surface area contributed by atoms with Gasteiger partial charge >= 0.3 is 5.69 Å². The molecule has 2 aromatic carbocycles. The number of fused-ring (bicyclic) bond motifs is 1. The Labute approximate surface area is 124 Å². The molecule has 0 N–H and O–H groups in total. The van der Waals surface area contributed by atoms with Crippen molar-refractivity contribution < 1.29 is 0 Å². The molecule has 0 unspecified atom stereocenters. The topological polar surface area (TPSA) is 26.9 Å². The Morgan fingerprint density at radius 3 is 2.14 bits per heavy atom. The third kappa shape index (κ3) is 2.64. The minimum atomic E-state index is 0.0912. The molecular formula is C18H20N2O. The van der Waals surface area contributed by atoms with Gasteiger partial charge in [-0.15, -0.1) is 0 Å². The van der Waals surface area contributed by atoms with Gasteiger partial charge in [0.25, 0.3) is 0 Å². The molecule has 0 aliphatic heterocycles. The van der Waals surface area contributed by atoms with Crippen LogP contribution in [0, 0.1) is 0 Å². The van der Waals surface area contributed by atoms with Crippen LogP contribution in [0.4, 0.5) is 0 Å². The van der Waals surface area contributed by atoms with Crippen LogP contribution in [0.1, 0.15) is 25.3 Å². The highest BCUT2D eigenvalue weighted by Gasteiger charge is 2.12. The van der Waals surface area contributed by atoms with Gasteiger partial charge in [0.15, 0.2) is 0 Å². The number of imidazole rings is 1. The van der Waals surface area contributed by atoms with Crippen LogP contribution < -0.4 is 5.69 Å². The lowest BCUT2D eigenvalue weighted by Crippen LogP contribution is -2.24. The minimum Gasteiger partial charge on any atom is -0.292 e. The molecule has 1 heterocycles. The third-order valence-corrected chi connectivity index (χ3v) is 3.84. The van der Waals surface area contributed by atoms with Crippen LogP contribution in [0.25, 0.3) is 11.0 Å². The molecule has 3 aromatic rings. The Morgan fingerprint density at radius 2 is 1.48 bits per heavy atom. The summed E-state index contributed by atoms with van der Waals surface area (Å²) in [5.74, 6) is 0. The zero-order valence-electron chi connectivity index (χ0n) is 12.3. The number of rotatable bonds is 5. The van der Waals surface area contributed by atoms with E-state index in [9.17, 15) is 4.79 Å². The molecular weight excluding hydrogens is 260 g/mol. The minimum absolute atomic E-state index is 0.0912. The molecule has 3 nitrogen and oxygen atoms in total. The standard InChI is InChI=1S/C18H20N2O/c1-2-3-13-19-16-11-7-8-12-17(16)20(18(19)21)14-15-9-5-4-6-10-15/h4-12H,2-3,13-14H2,1H3. The van der Waals surface area contributed by atoms with E-state index in [0.29, 0.717) is 6.54 Å². The molecule has 0 saturated carbocycles. The summed E-state index contributed by atoms with van der Waals surface area (Å²) in [6, 6.07) is 18.2. The number of unbranched alkanes of at least 4 members (excludes halogenated alkanes) is 1. The van der Waals surface area contributed by atoms with Gasteiger partial charge in [-0.3, -0.25) is 9.13 Å². The molecule has 1 aromatic heterocycles. The van der Waals surface area contributed by atoms with Gasteiger partial charge in [0.2, 0.25) is 0 Å². The zero-order chi connectivity index (χ0) is 14.7. The Bertz CT molecular complexity index is 784. The Balaban J connectivity index is 2.09. The molecule has 0 amide bonds. The largest absolute Gasteiger partial charge is 0.329 e. The van der Waals surface area contributed by atoms with E-state index in [1.54, 1.807) is 0 Å². The maximum Gasteiger partial charge on any atom is 0.329 e. The fraction of sp³-hybridized carbons (Fsp3) is 0.278.